The summed E-state index contributed by atoms with van der Waals surface area (Å²) in [6.45, 7) is 10.5. The van der Waals surface area contributed by atoms with E-state index in [9.17, 15) is 28.8 Å². The van der Waals surface area contributed by atoms with Crippen molar-refractivity contribution in [1.82, 2.24) is 9.97 Å². The number of aromatic nitrogens is 2. The third-order valence-corrected chi connectivity index (χ3v) is 4.37. The highest BCUT2D eigenvalue weighted by Gasteiger charge is 2.18. The third-order valence-electron chi connectivity index (χ3n) is 4.37. The molecule has 0 unspecified atom stereocenters. The lowest BCUT2D eigenvalue weighted by Crippen LogP contribution is -2.25. The Bertz CT molecular complexity index is 1280. The fourth-order valence-corrected chi connectivity index (χ4v) is 2.73. The zero-order chi connectivity index (χ0) is 33.4. The molecule has 0 spiro atoms. The molecule has 15 heteroatoms. The summed E-state index contributed by atoms with van der Waals surface area (Å²) in [5.41, 5.74) is 14.7. The second-order valence-corrected chi connectivity index (χ2v) is 10.7. The Balaban J connectivity index is 0.000000677. The third kappa shape index (κ3) is 18.8. The second-order valence-electron chi connectivity index (χ2n) is 10.7. The fourth-order valence-electron chi connectivity index (χ4n) is 2.73. The molecule has 2 heterocycles. The molecule has 8 N–H and O–H groups in total. The Hall–Kier alpha value is -5.08. The minimum atomic E-state index is -0.985. The average Bonchev–Trinajstić information content (AvgIpc) is 2.85. The number of amides is 3. The number of ether oxygens (including phenoxy) is 2. The van der Waals surface area contributed by atoms with Crippen LogP contribution in [0.3, 0.4) is 0 Å². The highest BCUT2D eigenvalue weighted by Crippen LogP contribution is 2.13. The van der Waals surface area contributed by atoms with Gasteiger partial charge in [0.05, 0.1) is 30.4 Å². The molecule has 0 aromatic carbocycles. The molecule has 0 aliphatic rings. The number of nitrogen functional groups attached to an aromatic ring is 1. The van der Waals surface area contributed by atoms with Crippen LogP contribution in [0.15, 0.2) is 36.7 Å². The van der Waals surface area contributed by atoms with Crippen molar-refractivity contribution in [1.29, 1.82) is 0 Å². The number of nitrogens with zero attached hydrogens (tertiary/aromatic N) is 2. The lowest BCUT2D eigenvalue weighted by atomic mass is 10.2. The van der Waals surface area contributed by atoms with Gasteiger partial charge in [0.1, 0.15) is 22.8 Å². The smallest absolute Gasteiger partial charge is 0.306 e. The van der Waals surface area contributed by atoms with E-state index in [1.807, 2.05) is 0 Å². The number of carboxylic acids is 1. The molecule has 0 aliphatic carbocycles. The van der Waals surface area contributed by atoms with Gasteiger partial charge in [-0.15, -0.1) is 0 Å². The number of hydrogen-bond donors (Lipinski definition) is 5. The Morgan fingerprint density at radius 3 is 1.58 bits per heavy atom. The van der Waals surface area contributed by atoms with Gasteiger partial charge in [-0.25, -0.2) is 9.97 Å². The summed E-state index contributed by atoms with van der Waals surface area (Å²) < 4.78 is 9.98. The van der Waals surface area contributed by atoms with Crippen LogP contribution in [-0.4, -0.2) is 61.9 Å². The molecule has 0 fully saturated rings. The first-order chi connectivity index (χ1) is 19.7. The van der Waals surface area contributed by atoms with Gasteiger partial charge >= 0.3 is 17.9 Å². The Kier molecular flexibility index (Phi) is 15.6. The van der Waals surface area contributed by atoms with Crippen LogP contribution in [0, 0.1) is 0 Å². The van der Waals surface area contributed by atoms with Gasteiger partial charge in [0.15, 0.2) is 0 Å². The first kappa shape index (κ1) is 37.9. The molecule has 0 saturated heterocycles. The van der Waals surface area contributed by atoms with Crippen molar-refractivity contribution in [3.63, 3.8) is 0 Å². The number of carbonyl (C=O) groups excluding carboxylic acids is 5. The molecule has 15 nitrogen and oxygen atoms in total. The SMILES string of the molecule is CC(C)(C)OC(=O)CCC(=O)Nc1ncccc1C(N)=O.CC(C)(C)OC(=O)CCC(=O)O.NC(=O)c1cccnc1N. The number of esters is 2. The van der Waals surface area contributed by atoms with Gasteiger partial charge in [-0.3, -0.25) is 28.8 Å². The number of anilines is 2. The van der Waals surface area contributed by atoms with Gasteiger partial charge in [-0.2, -0.15) is 0 Å². The molecule has 3 amide bonds. The van der Waals surface area contributed by atoms with Crippen LogP contribution in [0.1, 0.15) is 87.9 Å². The lowest BCUT2D eigenvalue weighted by Gasteiger charge is -2.19. The fraction of sp³-hybridized carbons (Fsp3) is 0.429. The zero-order valence-corrected chi connectivity index (χ0v) is 25.1. The van der Waals surface area contributed by atoms with E-state index in [0.717, 1.165) is 0 Å². The summed E-state index contributed by atoms with van der Waals surface area (Å²) in [4.78, 5) is 73.4. The first-order valence-corrected chi connectivity index (χ1v) is 12.9. The normalized spacial score (nSPS) is 10.5. The monoisotopic (exact) mass is 604 g/mol. The molecule has 2 rings (SSSR count). The zero-order valence-electron chi connectivity index (χ0n) is 25.1. The van der Waals surface area contributed by atoms with Crippen LogP contribution >= 0.6 is 0 Å². The summed E-state index contributed by atoms with van der Waals surface area (Å²) >= 11 is 0. The van der Waals surface area contributed by atoms with Crippen molar-refractivity contribution in [2.24, 2.45) is 11.5 Å². The average molecular weight is 605 g/mol. The lowest BCUT2D eigenvalue weighted by molar-refractivity contribution is -0.157. The van der Waals surface area contributed by atoms with E-state index in [2.05, 4.69) is 15.3 Å². The highest BCUT2D eigenvalue weighted by molar-refractivity contribution is 6.02. The van der Waals surface area contributed by atoms with Crippen molar-refractivity contribution in [3.8, 4) is 0 Å². The van der Waals surface area contributed by atoms with Gasteiger partial charge in [0, 0.05) is 18.8 Å². The van der Waals surface area contributed by atoms with Gasteiger partial charge in [0.2, 0.25) is 5.91 Å². The van der Waals surface area contributed by atoms with Crippen LogP contribution in [0.5, 0.6) is 0 Å². The van der Waals surface area contributed by atoms with Gasteiger partial charge < -0.3 is 37.1 Å². The Morgan fingerprint density at radius 1 is 0.744 bits per heavy atom. The number of carbonyl (C=O) groups is 6. The van der Waals surface area contributed by atoms with Gasteiger partial charge in [-0.05, 0) is 65.8 Å². The van der Waals surface area contributed by atoms with E-state index in [4.69, 9.17) is 31.8 Å². The molecule has 0 aliphatic heterocycles. The predicted molar refractivity (Wildman–Crippen MR) is 156 cm³/mol. The summed E-state index contributed by atoms with van der Waals surface area (Å²) in [6, 6.07) is 6.14. The van der Waals surface area contributed by atoms with E-state index in [0.29, 0.717) is 0 Å². The van der Waals surface area contributed by atoms with E-state index in [1.165, 1.54) is 30.6 Å². The van der Waals surface area contributed by atoms with E-state index in [-0.39, 0.29) is 48.4 Å². The number of hydrogen-bond acceptors (Lipinski definition) is 11. The second kappa shape index (κ2) is 17.7. The maximum Gasteiger partial charge on any atom is 0.306 e. The molecular formula is C28H40N6O9. The molecular weight excluding hydrogens is 564 g/mol. The van der Waals surface area contributed by atoms with Crippen LogP contribution in [-0.2, 0) is 28.7 Å². The summed E-state index contributed by atoms with van der Waals surface area (Å²) in [5, 5.41) is 10.7. The molecule has 2 aromatic rings. The van der Waals surface area contributed by atoms with E-state index in [1.54, 1.807) is 47.6 Å². The first-order valence-electron chi connectivity index (χ1n) is 12.9. The highest BCUT2D eigenvalue weighted by atomic mass is 16.6. The molecule has 2 aromatic heterocycles. The molecule has 0 saturated carbocycles. The largest absolute Gasteiger partial charge is 0.481 e. The van der Waals surface area contributed by atoms with Crippen LogP contribution in [0.4, 0.5) is 11.6 Å². The molecule has 0 radical (unpaired) electrons. The minimum absolute atomic E-state index is 0.0537. The summed E-state index contributed by atoms with van der Waals surface area (Å²) in [7, 11) is 0. The predicted octanol–water partition coefficient (Wildman–Crippen LogP) is 2.20. The molecule has 0 atom stereocenters. The van der Waals surface area contributed by atoms with Crippen molar-refractivity contribution in [2.75, 3.05) is 11.1 Å². The summed E-state index contributed by atoms with van der Waals surface area (Å²) in [6.07, 6.45) is 2.57. The quantitative estimate of drug-likeness (QED) is 0.258. The number of primary amides is 2. The number of nitrogens with one attached hydrogen (secondary N) is 1. The van der Waals surface area contributed by atoms with Crippen molar-refractivity contribution in [2.45, 2.75) is 78.4 Å². The van der Waals surface area contributed by atoms with E-state index >= 15 is 0 Å². The van der Waals surface area contributed by atoms with Gasteiger partial charge in [-0.1, -0.05) is 0 Å². The van der Waals surface area contributed by atoms with Crippen LogP contribution < -0.4 is 22.5 Å². The molecule has 43 heavy (non-hydrogen) atoms. The van der Waals surface area contributed by atoms with Crippen LogP contribution in [0.2, 0.25) is 0 Å². The summed E-state index contributed by atoms with van der Waals surface area (Å²) in [5.74, 6) is -3.34. The van der Waals surface area contributed by atoms with Crippen molar-refractivity contribution in [3.05, 3.63) is 47.8 Å². The van der Waals surface area contributed by atoms with Crippen LogP contribution in [0.25, 0.3) is 0 Å². The van der Waals surface area contributed by atoms with Crippen molar-refractivity contribution < 1.29 is 43.3 Å². The Labute approximate surface area is 249 Å². The molecule has 236 valence electrons. The van der Waals surface area contributed by atoms with Gasteiger partial charge in [0.25, 0.3) is 11.8 Å². The minimum Gasteiger partial charge on any atom is -0.481 e. The standard InChI is InChI=1S/C14H19N3O4.C8H14O4.C6H7N3O/c1-14(2,3)21-11(19)7-6-10(18)17-13-9(12(15)20)5-4-8-16-13;1-8(2,3)12-7(11)5-4-6(9)10;7-5-4(6(8)10)2-1-3-9-5/h4-5,8H,6-7H2,1-3H3,(H2,15,20)(H,16,17,18);4-5H2,1-3H3,(H,9,10);1-3H,(H2,7,9)(H2,8,10). The maximum absolute atomic E-state index is 11.7. The maximum atomic E-state index is 11.7. The number of rotatable bonds is 9. The van der Waals surface area contributed by atoms with Crippen molar-refractivity contribution >= 4 is 47.3 Å². The number of nitrogens with two attached hydrogens (primary N) is 3. The number of carboxylic acid groups (broad SMARTS) is 1. The van der Waals surface area contributed by atoms with E-state index < -0.39 is 46.8 Å². The molecule has 0 bridgehead atoms. The topological polar surface area (TPSA) is 257 Å². The number of aliphatic carboxylic acids is 1. The Morgan fingerprint density at radius 2 is 1.19 bits per heavy atom. The number of pyridine rings is 2.